The number of amides is 1. The van der Waals surface area contributed by atoms with Gasteiger partial charge in [-0.05, 0) is 66.6 Å². The van der Waals surface area contributed by atoms with Gasteiger partial charge in [-0.1, -0.05) is 19.1 Å². The Morgan fingerprint density at radius 3 is 2.61 bits per heavy atom. The summed E-state index contributed by atoms with van der Waals surface area (Å²) in [5.41, 5.74) is 2.56. The van der Waals surface area contributed by atoms with E-state index in [-0.39, 0.29) is 28.7 Å². The van der Waals surface area contributed by atoms with Crippen molar-refractivity contribution in [3.05, 3.63) is 74.7 Å². The number of fused-ring (bicyclic) bond motifs is 1. The Kier molecular flexibility index (Phi) is 5.29. The lowest BCUT2D eigenvalue weighted by Crippen LogP contribution is -2.41. The van der Waals surface area contributed by atoms with Crippen molar-refractivity contribution in [2.24, 2.45) is 5.92 Å². The van der Waals surface area contributed by atoms with Crippen molar-refractivity contribution in [3.8, 4) is 0 Å². The number of hydrogen-bond acceptors (Lipinski definition) is 4. The van der Waals surface area contributed by atoms with E-state index in [1.165, 1.54) is 22.3 Å². The summed E-state index contributed by atoms with van der Waals surface area (Å²) in [6.45, 7) is 3.64. The smallest absolute Gasteiger partial charge is 0.304 e. The highest BCUT2D eigenvalue weighted by molar-refractivity contribution is 7.09. The summed E-state index contributed by atoms with van der Waals surface area (Å²) >= 11 is 7.58. The predicted octanol–water partition coefficient (Wildman–Crippen LogP) is 6.73. The first-order valence-electron chi connectivity index (χ1n) is 10.7. The van der Waals surface area contributed by atoms with Crippen LogP contribution in [0, 0.1) is 5.92 Å². The number of carbonyl (C=O) groups excluding carboxylic acids is 1. The number of halogens is 4. The summed E-state index contributed by atoms with van der Waals surface area (Å²) in [7, 11) is 0. The van der Waals surface area contributed by atoms with Gasteiger partial charge in [-0.15, -0.1) is 33.1 Å². The lowest BCUT2D eigenvalue weighted by molar-refractivity contribution is -0.138. The average molecular weight is 492 g/mol. The highest BCUT2D eigenvalue weighted by Gasteiger charge is 2.48. The van der Waals surface area contributed by atoms with Crippen molar-refractivity contribution < 1.29 is 18.0 Å². The third-order valence-corrected chi connectivity index (χ3v) is 7.85. The largest absolute Gasteiger partial charge is 0.416 e. The summed E-state index contributed by atoms with van der Waals surface area (Å²) in [4.78, 5) is 14.7. The Bertz CT molecular complexity index is 1220. The molecule has 0 saturated heterocycles. The number of hydrogen-bond donors (Lipinski definition) is 0. The van der Waals surface area contributed by atoms with Crippen LogP contribution >= 0.6 is 22.9 Å². The number of aromatic nitrogens is 2. The number of carbonyl (C=O) groups is 1. The molecule has 0 radical (unpaired) electrons. The fraction of sp³-hybridized carbons (Fsp3) is 0.375. The molecule has 0 N–H and O–H groups in total. The molecule has 2 aromatic carbocycles. The van der Waals surface area contributed by atoms with Crippen molar-refractivity contribution in [3.63, 3.8) is 0 Å². The zero-order chi connectivity index (χ0) is 23.5. The van der Waals surface area contributed by atoms with Crippen molar-refractivity contribution >= 4 is 34.5 Å². The van der Waals surface area contributed by atoms with Crippen LogP contribution in [0.3, 0.4) is 0 Å². The molecule has 1 saturated carbocycles. The highest BCUT2D eigenvalue weighted by atomic mass is 35.5. The SMILES string of the molecule is CC1CC(c2cccc(N3Cc4c(cc(C(C)Cl)cc4C(F)(F)F)C3=O)c2)(c2nncs2)C1. The van der Waals surface area contributed by atoms with Crippen LogP contribution in [0.5, 0.6) is 0 Å². The van der Waals surface area contributed by atoms with Crippen molar-refractivity contribution in [1.82, 2.24) is 10.2 Å². The lowest BCUT2D eigenvalue weighted by Gasteiger charge is -2.45. The molecule has 5 rings (SSSR count). The van der Waals surface area contributed by atoms with Crippen LogP contribution in [0.15, 0.2) is 41.9 Å². The highest BCUT2D eigenvalue weighted by Crippen LogP contribution is 2.53. The van der Waals surface area contributed by atoms with Gasteiger partial charge < -0.3 is 4.90 Å². The molecule has 9 heteroatoms. The number of nitrogens with zero attached hydrogens (tertiary/aromatic N) is 3. The van der Waals surface area contributed by atoms with Crippen molar-refractivity contribution in [2.75, 3.05) is 4.90 Å². The van der Waals surface area contributed by atoms with Crippen LogP contribution in [0.25, 0.3) is 0 Å². The second kappa shape index (κ2) is 7.81. The molecule has 1 aromatic heterocycles. The molecule has 3 aromatic rings. The van der Waals surface area contributed by atoms with Gasteiger partial charge in [-0.3, -0.25) is 4.79 Å². The Labute approximate surface area is 198 Å². The van der Waals surface area contributed by atoms with Gasteiger partial charge in [0.1, 0.15) is 10.5 Å². The maximum Gasteiger partial charge on any atom is 0.416 e. The molecule has 2 aliphatic rings. The maximum atomic E-state index is 13.8. The molecule has 1 aliphatic carbocycles. The first-order valence-corrected chi connectivity index (χ1v) is 12.0. The molecule has 2 heterocycles. The van der Waals surface area contributed by atoms with Gasteiger partial charge in [0.2, 0.25) is 0 Å². The maximum absolute atomic E-state index is 13.8. The topological polar surface area (TPSA) is 46.1 Å². The van der Waals surface area contributed by atoms with Crippen LogP contribution in [0.2, 0.25) is 0 Å². The first-order chi connectivity index (χ1) is 15.6. The molecular weight excluding hydrogens is 471 g/mol. The van der Waals surface area contributed by atoms with Gasteiger partial charge in [-0.2, -0.15) is 13.2 Å². The monoisotopic (exact) mass is 491 g/mol. The predicted molar refractivity (Wildman–Crippen MR) is 122 cm³/mol. The first kappa shape index (κ1) is 22.3. The van der Waals surface area contributed by atoms with Gasteiger partial charge in [0, 0.05) is 16.7 Å². The summed E-state index contributed by atoms with van der Waals surface area (Å²) in [5, 5.41) is 8.59. The summed E-state index contributed by atoms with van der Waals surface area (Å²) in [6, 6.07) is 10.1. The molecule has 1 atom stereocenters. The van der Waals surface area contributed by atoms with E-state index in [0.29, 0.717) is 11.6 Å². The van der Waals surface area contributed by atoms with Gasteiger partial charge in [0.05, 0.1) is 17.5 Å². The van der Waals surface area contributed by atoms with Gasteiger partial charge >= 0.3 is 6.18 Å². The van der Waals surface area contributed by atoms with Crippen LogP contribution < -0.4 is 4.90 Å². The zero-order valence-corrected chi connectivity index (χ0v) is 19.6. The molecule has 0 bridgehead atoms. The normalized spacial score (nSPS) is 23.4. The van der Waals surface area contributed by atoms with Crippen molar-refractivity contribution in [1.29, 1.82) is 0 Å². The second-order valence-corrected chi connectivity index (χ2v) is 10.5. The van der Waals surface area contributed by atoms with E-state index in [4.69, 9.17) is 11.6 Å². The van der Waals surface area contributed by atoms with E-state index in [2.05, 4.69) is 17.1 Å². The van der Waals surface area contributed by atoms with E-state index >= 15 is 0 Å². The van der Waals surface area contributed by atoms with Gasteiger partial charge in [0.15, 0.2) is 0 Å². The third kappa shape index (κ3) is 3.64. The minimum Gasteiger partial charge on any atom is -0.304 e. The van der Waals surface area contributed by atoms with Gasteiger partial charge in [-0.25, -0.2) is 0 Å². The van der Waals surface area contributed by atoms with Crippen LogP contribution in [0.1, 0.15) is 69.7 Å². The average Bonchev–Trinajstić information content (AvgIpc) is 3.39. The molecule has 33 heavy (non-hydrogen) atoms. The lowest BCUT2D eigenvalue weighted by atomic mass is 9.59. The quantitative estimate of drug-likeness (QED) is 0.380. The summed E-state index contributed by atoms with van der Waals surface area (Å²) in [6.07, 6.45) is -2.75. The minimum absolute atomic E-state index is 0.00456. The van der Waals surface area contributed by atoms with Crippen LogP contribution in [0.4, 0.5) is 18.9 Å². The third-order valence-electron chi connectivity index (χ3n) is 6.70. The fourth-order valence-electron chi connectivity index (χ4n) is 5.14. The van der Waals surface area contributed by atoms with Gasteiger partial charge in [0.25, 0.3) is 5.91 Å². The van der Waals surface area contributed by atoms with Crippen molar-refractivity contribution in [2.45, 2.75) is 50.2 Å². The zero-order valence-electron chi connectivity index (χ0n) is 18.0. The molecule has 1 aliphatic heterocycles. The Morgan fingerprint density at radius 1 is 1.24 bits per heavy atom. The van der Waals surface area contributed by atoms with E-state index in [9.17, 15) is 18.0 Å². The van der Waals surface area contributed by atoms with Crippen LogP contribution in [-0.4, -0.2) is 16.1 Å². The van der Waals surface area contributed by atoms with E-state index in [1.807, 2.05) is 18.2 Å². The molecule has 1 fully saturated rings. The molecule has 4 nitrogen and oxygen atoms in total. The summed E-state index contributed by atoms with van der Waals surface area (Å²) < 4.78 is 41.5. The number of benzene rings is 2. The molecule has 0 spiro atoms. The van der Waals surface area contributed by atoms with Crippen LogP contribution in [-0.2, 0) is 18.1 Å². The molecular formula is C24H21ClF3N3OS. The second-order valence-electron chi connectivity index (χ2n) is 8.99. The van der Waals surface area contributed by atoms with E-state index < -0.39 is 23.0 Å². The molecule has 1 unspecified atom stereocenters. The fourth-order valence-corrected chi connectivity index (χ4v) is 6.06. The van der Waals surface area contributed by atoms with E-state index in [0.717, 1.165) is 29.5 Å². The minimum atomic E-state index is -4.58. The standard InChI is InChI=1S/C24H21ClF3N3OS/c1-13-9-23(10-13,22-30-29-12-33-22)16-4-3-5-17(8-16)31-11-19-18(21(31)32)6-15(14(2)25)7-20(19)24(26,27)28/h3-8,12-14H,9-11H2,1-2H3. The summed E-state index contributed by atoms with van der Waals surface area (Å²) in [5.74, 6) is 0.0827. The van der Waals surface area contributed by atoms with E-state index in [1.54, 1.807) is 18.5 Å². The molecule has 1 amide bonds. The number of alkyl halides is 4. The number of rotatable bonds is 4. The molecule has 172 valence electrons. The Balaban J connectivity index is 1.56. The Morgan fingerprint density at radius 2 is 2.00 bits per heavy atom. The Hall–Kier alpha value is -2.45. The number of anilines is 1.